The third-order valence-corrected chi connectivity index (χ3v) is 4.03. The minimum atomic E-state index is -4.45. The van der Waals surface area contributed by atoms with Gasteiger partial charge in [0.25, 0.3) is 0 Å². The third-order valence-electron chi connectivity index (χ3n) is 4.03. The fourth-order valence-corrected chi connectivity index (χ4v) is 2.85. The summed E-state index contributed by atoms with van der Waals surface area (Å²) in [6.07, 6.45) is 1.63. The molecule has 1 saturated heterocycles. The molecule has 0 aliphatic carbocycles. The van der Waals surface area contributed by atoms with Crippen LogP contribution >= 0.6 is 0 Å². The van der Waals surface area contributed by atoms with Gasteiger partial charge >= 0.3 is 6.18 Å². The van der Waals surface area contributed by atoms with Crippen LogP contribution < -0.4 is 4.90 Å². The SMILES string of the molecule is Cc1cncnc1C1CCN(c2nccc(C(F)(F)F)n2)CC1. The van der Waals surface area contributed by atoms with Crippen molar-refractivity contribution in [3.8, 4) is 0 Å². The van der Waals surface area contributed by atoms with E-state index < -0.39 is 11.9 Å². The molecule has 5 nitrogen and oxygen atoms in total. The smallest absolute Gasteiger partial charge is 0.341 e. The molecule has 0 atom stereocenters. The van der Waals surface area contributed by atoms with Crippen molar-refractivity contribution < 1.29 is 13.2 Å². The van der Waals surface area contributed by atoms with E-state index in [9.17, 15) is 13.2 Å². The number of hydrogen-bond acceptors (Lipinski definition) is 5. The first-order valence-electron chi connectivity index (χ1n) is 7.37. The van der Waals surface area contributed by atoms with Gasteiger partial charge in [0.2, 0.25) is 5.95 Å². The van der Waals surface area contributed by atoms with E-state index in [2.05, 4.69) is 19.9 Å². The number of nitrogens with zero attached hydrogens (tertiary/aromatic N) is 5. The van der Waals surface area contributed by atoms with Crippen molar-refractivity contribution in [3.63, 3.8) is 0 Å². The van der Waals surface area contributed by atoms with Crippen LogP contribution in [0.1, 0.15) is 35.7 Å². The molecule has 2 aromatic heterocycles. The molecule has 0 radical (unpaired) electrons. The Morgan fingerprint density at radius 2 is 1.91 bits per heavy atom. The molecule has 0 aromatic carbocycles. The summed E-state index contributed by atoms with van der Waals surface area (Å²) in [5.74, 6) is 0.428. The van der Waals surface area contributed by atoms with Crippen molar-refractivity contribution in [1.82, 2.24) is 19.9 Å². The summed E-state index contributed by atoms with van der Waals surface area (Å²) in [5, 5.41) is 0. The van der Waals surface area contributed by atoms with Crippen molar-refractivity contribution in [3.05, 3.63) is 41.7 Å². The molecule has 1 aliphatic rings. The van der Waals surface area contributed by atoms with E-state index in [1.807, 2.05) is 6.92 Å². The van der Waals surface area contributed by atoms with E-state index in [-0.39, 0.29) is 5.95 Å². The molecule has 122 valence electrons. The summed E-state index contributed by atoms with van der Waals surface area (Å²) in [4.78, 5) is 17.7. The van der Waals surface area contributed by atoms with Crippen molar-refractivity contribution >= 4 is 5.95 Å². The molecule has 0 bridgehead atoms. The number of rotatable bonds is 2. The van der Waals surface area contributed by atoms with Crippen LogP contribution in [0.4, 0.5) is 19.1 Å². The van der Waals surface area contributed by atoms with E-state index in [1.54, 1.807) is 11.1 Å². The molecule has 2 aromatic rings. The van der Waals surface area contributed by atoms with E-state index >= 15 is 0 Å². The first kappa shape index (κ1) is 15.6. The Kier molecular flexibility index (Phi) is 4.14. The third kappa shape index (κ3) is 3.40. The van der Waals surface area contributed by atoms with Crippen LogP contribution in [0.5, 0.6) is 0 Å². The van der Waals surface area contributed by atoms with E-state index in [0.717, 1.165) is 36.4 Å². The van der Waals surface area contributed by atoms with Gasteiger partial charge in [-0.2, -0.15) is 13.2 Å². The van der Waals surface area contributed by atoms with Gasteiger partial charge in [-0.1, -0.05) is 0 Å². The van der Waals surface area contributed by atoms with E-state index in [4.69, 9.17) is 0 Å². The fourth-order valence-electron chi connectivity index (χ4n) is 2.85. The zero-order valence-electron chi connectivity index (χ0n) is 12.6. The predicted molar refractivity (Wildman–Crippen MR) is 78.0 cm³/mol. The van der Waals surface area contributed by atoms with Crippen LogP contribution in [0.15, 0.2) is 24.8 Å². The maximum Gasteiger partial charge on any atom is 0.433 e. The molecule has 0 saturated carbocycles. The highest BCUT2D eigenvalue weighted by Crippen LogP contribution is 2.31. The highest BCUT2D eigenvalue weighted by molar-refractivity contribution is 5.33. The number of piperidine rings is 1. The number of aromatic nitrogens is 4. The van der Waals surface area contributed by atoms with Gasteiger partial charge in [0.05, 0.1) is 0 Å². The Balaban J connectivity index is 1.71. The van der Waals surface area contributed by atoms with Gasteiger partial charge in [0.15, 0.2) is 0 Å². The van der Waals surface area contributed by atoms with Gasteiger partial charge in [-0.05, 0) is 31.4 Å². The van der Waals surface area contributed by atoms with Crippen molar-refractivity contribution in [2.45, 2.75) is 31.9 Å². The van der Waals surface area contributed by atoms with Crippen LogP contribution in [0.2, 0.25) is 0 Å². The maximum atomic E-state index is 12.7. The lowest BCUT2D eigenvalue weighted by Gasteiger charge is -2.32. The Morgan fingerprint density at radius 3 is 2.57 bits per heavy atom. The normalized spacial score (nSPS) is 16.6. The summed E-state index contributed by atoms with van der Waals surface area (Å²) >= 11 is 0. The summed E-state index contributed by atoms with van der Waals surface area (Å²) in [7, 11) is 0. The van der Waals surface area contributed by atoms with Gasteiger partial charge in [-0.25, -0.2) is 19.9 Å². The molecular formula is C15H16F3N5. The Labute approximate surface area is 131 Å². The summed E-state index contributed by atoms with van der Waals surface area (Å²) < 4.78 is 38.2. The first-order valence-corrected chi connectivity index (χ1v) is 7.37. The standard InChI is InChI=1S/C15H16F3N5/c1-10-8-19-9-21-13(10)11-3-6-23(7-4-11)14-20-5-2-12(22-14)15(16,17)18/h2,5,8-9,11H,3-4,6-7H2,1H3. The lowest BCUT2D eigenvalue weighted by molar-refractivity contribution is -0.141. The fraction of sp³-hybridized carbons (Fsp3) is 0.467. The van der Waals surface area contributed by atoms with Crippen LogP contribution in [0, 0.1) is 6.92 Å². The van der Waals surface area contributed by atoms with Crippen molar-refractivity contribution in [2.75, 3.05) is 18.0 Å². The van der Waals surface area contributed by atoms with Gasteiger partial charge in [0, 0.05) is 37.1 Å². The average molecular weight is 323 g/mol. The largest absolute Gasteiger partial charge is 0.433 e. The minimum Gasteiger partial charge on any atom is -0.341 e. The summed E-state index contributed by atoms with van der Waals surface area (Å²) in [5.41, 5.74) is 1.15. The van der Waals surface area contributed by atoms with Gasteiger partial charge in [-0.15, -0.1) is 0 Å². The predicted octanol–water partition coefficient (Wildman–Crippen LogP) is 2.98. The van der Waals surface area contributed by atoms with Gasteiger partial charge in [0.1, 0.15) is 12.0 Å². The molecular weight excluding hydrogens is 307 g/mol. The molecule has 1 aliphatic heterocycles. The van der Waals surface area contributed by atoms with Crippen LogP contribution in [-0.4, -0.2) is 33.0 Å². The molecule has 23 heavy (non-hydrogen) atoms. The second-order valence-corrected chi connectivity index (χ2v) is 5.59. The molecule has 0 spiro atoms. The number of aryl methyl sites for hydroxylation is 1. The summed E-state index contributed by atoms with van der Waals surface area (Å²) in [6, 6.07) is 0.889. The number of halogens is 3. The maximum absolute atomic E-state index is 12.7. The second-order valence-electron chi connectivity index (χ2n) is 5.59. The quantitative estimate of drug-likeness (QED) is 0.850. The van der Waals surface area contributed by atoms with E-state index in [1.165, 1.54) is 6.33 Å². The zero-order chi connectivity index (χ0) is 16.4. The molecule has 3 rings (SSSR count). The molecule has 0 amide bonds. The Morgan fingerprint density at radius 1 is 1.17 bits per heavy atom. The van der Waals surface area contributed by atoms with Crippen molar-refractivity contribution in [2.24, 2.45) is 0 Å². The van der Waals surface area contributed by atoms with Gasteiger partial charge in [-0.3, -0.25) is 0 Å². The van der Waals surface area contributed by atoms with Gasteiger partial charge < -0.3 is 4.90 Å². The Bertz CT molecular complexity index is 681. The monoisotopic (exact) mass is 323 g/mol. The Hall–Kier alpha value is -2.25. The summed E-state index contributed by atoms with van der Waals surface area (Å²) in [6.45, 7) is 3.18. The average Bonchev–Trinajstić information content (AvgIpc) is 2.55. The second kappa shape index (κ2) is 6.10. The number of hydrogen-bond donors (Lipinski definition) is 0. The lowest BCUT2D eigenvalue weighted by atomic mass is 9.91. The van der Waals surface area contributed by atoms with Crippen LogP contribution in [0.3, 0.4) is 0 Å². The minimum absolute atomic E-state index is 0.137. The number of anilines is 1. The molecule has 1 fully saturated rings. The van der Waals surface area contributed by atoms with Crippen LogP contribution in [0.25, 0.3) is 0 Å². The topological polar surface area (TPSA) is 54.8 Å². The van der Waals surface area contributed by atoms with Crippen molar-refractivity contribution in [1.29, 1.82) is 0 Å². The lowest BCUT2D eigenvalue weighted by Crippen LogP contribution is -2.35. The molecule has 0 N–H and O–H groups in total. The highest BCUT2D eigenvalue weighted by atomic mass is 19.4. The van der Waals surface area contributed by atoms with Crippen LogP contribution in [-0.2, 0) is 6.18 Å². The number of alkyl halides is 3. The highest BCUT2D eigenvalue weighted by Gasteiger charge is 2.33. The first-order chi connectivity index (χ1) is 10.9. The zero-order valence-corrected chi connectivity index (χ0v) is 12.6. The van der Waals surface area contributed by atoms with E-state index in [0.29, 0.717) is 19.0 Å². The molecule has 3 heterocycles. The molecule has 0 unspecified atom stereocenters. The molecule has 8 heteroatoms.